The smallest absolute Gasteiger partial charge is 0.418 e. The van der Waals surface area contributed by atoms with Crippen LogP contribution in [-0.2, 0) is 0 Å². The van der Waals surface area contributed by atoms with Crippen LogP contribution in [0.4, 0.5) is 17.3 Å². The Morgan fingerprint density at radius 2 is 1.86 bits per heavy atom. The highest BCUT2D eigenvalue weighted by Crippen LogP contribution is 2.06. The van der Waals surface area contributed by atoms with Gasteiger partial charge in [-0.15, -0.1) is 0 Å². The number of nitrogens with zero attached hydrogens (tertiary/aromatic N) is 1. The average Bonchev–Trinajstić information content (AvgIpc) is 2.03. The molecule has 0 fully saturated rings. The molecule has 1 rings (SSSR count). The molecule has 0 atom stereocenters. The first-order valence-corrected chi connectivity index (χ1v) is 4.29. The average molecular weight is 210 g/mol. The lowest BCUT2D eigenvalue weighted by Gasteiger charge is -2.19. The Balaban J connectivity index is 0.000000292. The van der Waals surface area contributed by atoms with E-state index < -0.39 is 7.25 Å². The van der Waals surface area contributed by atoms with Crippen LogP contribution in [0.25, 0.3) is 0 Å². The van der Waals surface area contributed by atoms with Crippen molar-refractivity contribution in [3.8, 4) is 0 Å². The van der Waals surface area contributed by atoms with Crippen molar-refractivity contribution < 1.29 is 17.3 Å². The summed E-state index contributed by atoms with van der Waals surface area (Å²) in [7, 11) is -6.00. The van der Waals surface area contributed by atoms with Gasteiger partial charge in [0.05, 0.1) is 0 Å². The molecular weight excluding hydrogens is 197 g/mol. The van der Waals surface area contributed by atoms with Crippen LogP contribution in [0.5, 0.6) is 0 Å². The summed E-state index contributed by atoms with van der Waals surface area (Å²) in [6, 6.07) is 0. The van der Waals surface area contributed by atoms with E-state index >= 15 is 0 Å². The second-order valence-electron chi connectivity index (χ2n) is 2.85. The van der Waals surface area contributed by atoms with Crippen LogP contribution in [-0.4, -0.2) is 25.2 Å². The molecule has 0 N–H and O–H groups in total. The summed E-state index contributed by atoms with van der Waals surface area (Å²) in [5, 5.41) is 0. The van der Waals surface area contributed by atoms with Gasteiger partial charge in [-0.1, -0.05) is 11.6 Å². The fourth-order valence-electron chi connectivity index (χ4n) is 0.848. The van der Waals surface area contributed by atoms with Crippen LogP contribution in [0, 0.1) is 0 Å². The standard InChI is InChI=1S/C8H13N.BF4/c1-3-9-6-4-8(2)5-7-9;2-1(3,4)5/h4-6H,3,7H2,1-2H3;/q;-1. The van der Waals surface area contributed by atoms with E-state index in [0.717, 1.165) is 13.1 Å². The van der Waals surface area contributed by atoms with Crippen molar-refractivity contribution in [1.29, 1.82) is 0 Å². The minimum Gasteiger partial charge on any atom is -0.418 e. The van der Waals surface area contributed by atoms with Gasteiger partial charge >= 0.3 is 7.25 Å². The van der Waals surface area contributed by atoms with Gasteiger partial charge in [-0.05, 0) is 26.1 Å². The largest absolute Gasteiger partial charge is 0.673 e. The van der Waals surface area contributed by atoms with E-state index in [1.165, 1.54) is 5.57 Å². The molecule has 0 aromatic rings. The van der Waals surface area contributed by atoms with Crippen LogP contribution >= 0.6 is 0 Å². The van der Waals surface area contributed by atoms with Crippen LogP contribution in [0.2, 0.25) is 0 Å². The van der Waals surface area contributed by atoms with Crippen molar-refractivity contribution >= 4 is 7.25 Å². The van der Waals surface area contributed by atoms with Crippen LogP contribution in [0.3, 0.4) is 0 Å². The third-order valence-corrected chi connectivity index (χ3v) is 1.60. The molecule has 0 aliphatic carbocycles. The lowest BCUT2D eigenvalue weighted by molar-refractivity contribution is 0.368. The predicted molar refractivity (Wildman–Crippen MR) is 50.3 cm³/mol. The number of allylic oxidation sites excluding steroid dienone is 2. The minimum atomic E-state index is -6.00. The van der Waals surface area contributed by atoms with Gasteiger partial charge in [0, 0.05) is 13.1 Å². The van der Waals surface area contributed by atoms with Crippen molar-refractivity contribution in [2.45, 2.75) is 13.8 Å². The van der Waals surface area contributed by atoms with Crippen LogP contribution < -0.4 is 0 Å². The summed E-state index contributed by atoms with van der Waals surface area (Å²) in [5.74, 6) is 0. The SMILES string of the molecule is CCN1C=CC(C)=CC1.F[B-](F)(F)F. The Bertz CT molecular complexity index is 216. The second kappa shape index (κ2) is 5.72. The molecule has 0 amide bonds. The normalized spacial score (nSPS) is 15.9. The zero-order valence-electron chi connectivity index (χ0n) is 8.18. The van der Waals surface area contributed by atoms with Gasteiger partial charge < -0.3 is 22.2 Å². The summed E-state index contributed by atoms with van der Waals surface area (Å²) in [6.07, 6.45) is 6.53. The maximum absolute atomic E-state index is 9.75. The molecule has 1 aliphatic rings. The first-order valence-electron chi connectivity index (χ1n) is 4.29. The second-order valence-corrected chi connectivity index (χ2v) is 2.85. The van der Waals surface area contributed by atoms with Gasteiger partial charge in [0.2, 0.25) is 0 Å². The summed E-state index contributed by atoms with van der Waals surface area (Å²) in [6.45, 7) is 6.49. The van der Waals surface area contributed by atoms with E-state index in [1.807, 2.05) is 0 Å². The van der Waals surface area contributed by atoms with Crippen molar-refractivity contribution in [1.82, 2.24) is 4.90 Å². The number of hydrogen-bond acceptors (Lipinski definition) is 1. The molecule has 14 heavy (non-hydrogen) atoms. The Morgan fingerprint density at radius 1 is 1.36 bits per heavy atom. The topological polar surface area (TPSA) is 3.24 Å². The lowest BCUT2D eigenvalue weighted by Crippen LogP contribution is -2.18. The maximum Gasteiger partial charge on any atom is 0.673 e. The molecule has 1 nitrogen and oxygen atoms in total. The molecule has 0 unspecified atom stereocenters. The summed E-state index contributed by atoms with van der Waals surface area (Å²) >= 11 is 0. The first kappa shape index (κ1) is 13.1. The molecule has 1 aliphatic heterocycles. The Hall–Kier alpha value is -0.935. The summed E-state index contributed by atoms with van der Waals surface area (Å²) in [4.78, 5) is 2.27. The van der Waals surface area contributed by atoms with Gasteiger partial charge in [-0.25, -0.2) is 0 Å². The van der Waals surface area contributed by atoms with E-state index in [1.54, 1.807) is 0 Å². The highest BCUT2D eigenvalue weighted by atomic mass is 19.5. The molecule has 0 saturated heterocycles. The van der Waals surface area contributed by atoms with Gasteiger partial charge in [0.1, 0.15) is 0 Å². The zero-order chi connectivity index (χ0) is 11.2. The molecule has 6 heteroatoms. The Kier molecular flexibility index (Phi) is 5.34. The third-order valence-electron chi connectivity index (χ3n) is 1.60. The predicted octanol–water partition coefficient (Wildman–Crippen LogP) is 3.08. The van der Waals surface area contributed by atoms with Gasteiger partial charge in [0.15, 0.2) is 0 Å². The van der Waals surface area contributed by atoms with E-state index in [4.69, 9.17) is 0 Å². The molecular formula is C8H13BF4N-. The first-order chi connectivity index (χ1) is 6.33. The van der Waals surface area contributed by atoms with E-state index in [-0.39, 0.29) is 0 Å². The third kappa shape index (κ3) is 9.16. The number of likely N-dealkylation sites (N-methyl/N-ethyl adjacent to an activating group) is 1. The van der Waals surface area contributed by atoms with Crippen LogP contribution in [0.15, 0.2) is 23.9 Å². The van der Waals surface area contributed by atoms with Gasteiger partial charge in [-0.3, -0.25) is 0 Å². The van der Waals surface area contributed by atoms with Crippen molar-refractivity contribution in [2.24, 2.45) is 0 Å². The number of halogens is 4. The van der Waals surface area contributed by atoms with Crippen molar-refractivity contribution in [2.75, 3.05) is 13.1 Å². The lowest BCUT2D eigenvalue weighted by atomic mass is 10.2. The zero-order valence-corrected chi connectivity index (χ0v) is 8.18. The molecule has 0 aromatic heterocycles. The summed E-state index contributed by atoms with van der Waals surface area (Å²) < 4.78 is 39.0. The monoisotopic (exact) mass is 210 g/mol. The molecule has 0 saturated carbocycles. The molecule has 0 radical (unpaired) electrons. The molecule has 0 bridgehead atoms. The minimum absolute atomic E-state index is 1.08. The van der Waals surface area contributed by atoms with Crippen LogP contribution in [0.1, 0.15) is 13.8 Å². The van der Waals surface area contributed by atoms with Gasteiger partial charge in [-0.2, -0.15) is 0 Å². The molecule has 1 heterocycles. The molecule has 0 spiro atoms. The Labute approximate surface area is 81.2 Å². The quantitative estimate of drug-likeness (QED) is 0.474. The van der Waals surface area contributed by atoms with Crippen molar-refractivity contribution in [3.05, 3.63) is 23.9 Å². The fourth-order valence-corrected chi connectivity index (χ4v) is 0.848. The maximum atomic E-state index is 9.75. The number of rotatable bonds is 1. The summed E-state index contributed by atoms with van der Waals surface area (Å²) in [5.41, 5.74) is 1.37. The molecule has 0 aromatic carbocycles. The highest BCUT2D eigenvalue weighted by molar-refractivity contribution is 6.50. The van der Waals surface area contributed by atoms with E-state index in [9.17, 15) is 17.3 Å². The van der Waals surface area contributed by atoms with E-state index in [0.29, 0.717) is 0 Å². The Morgan fingerprint density at radius 3 is 2.14 bits per heavy atom. The van der Waals surface area contributed by atoms with E-state index in [2.05, 4.69) is 37.1 Å². The highest BCUT2D eigenvalue weighted by Gasteiger charge is 2.20. The van der Waals surface area contributed by atoms with Crippen molar-refractivity contribution in [3.63, 3.8) is 0 Å². The fraction of sp³-hybridized carbons (Fsp3) is 0.500. The van der Waals surface area contributed by atoms with Gasteiger partial charge in [0.25, 0.3) is 0 Å². The number of hydrogen-bond donors (Lipinski definition) is 0. The molecule has 82 valence electrons.